The Labute approximate surface area is 241 Å². The Kier molecular flexibility index (Phi) is 8.80. The standard InChI is InChI=1S/C30H38N4O4S2/c1-4-32-15-17-33(18-16-32)27-9-5-8-24-25(27)21-34(30(24)35)26(23-12-13-28(38-3)22(2)20-23)10-6-14-31-40(36,37)29-11-7-19-39-29/h5,7-9,11-13,19-20,26,31H,4,6,10,14-18,21H2,1-3H3/t26-/m1/s1. The van der Waals surface area contributed by atoms with Gasteiger partial charge in [-0.15, -0.1) is 11.3 Å². The van der Waals surface area contributed by atoms with Crippen LogP contribution in [0.5, 0.6) is 5.75 Å². The Bertz CT molecular complexity index is 1430. The molecule has 2 aromatic carbocycles. The Hall–Kier alpha value is -2.92. The lowest BCUT2D eigenvalue weighted by Gasteiger charge is -2.36. The molecule has 1 atom stereocenters. The second-order valence-corrected chi connectivity index (χ2v) is 13.3. The molecule has 0 bridgehead atoms. The first-order chi connectivity index (χ1) is 19.3. The van der Waals surface area contributed by atoms with Crippen molar-refractivity contribution < 1.29 is 17.9 Å². The molecule has 10 heteroatoms. The fourth-order valence-corrected chi connectivity index (χ4v) is 7.90. The Balaban J connectivity index is 1.37. The maximum absolute atomic E-state index is 13.9. The molecule has 5 rings (SSSR count). The summed E-state index contributed by atoms with van der Waals surface area (Å²) in [6.07, 6.45) is 1.22. The van der Waals surface area contributed by atoms with Gasteiger partial charge >= 0.3 is 0 Å². The third kappa shape index (κ3) is 5.90. The fourth-order valence-electron chi connectivity index (χ4n) is 5.79. The summed E-state index contributed by atoms with van der Waals surface area (Å²) >= 11 is 1.20. The molecular formula is C30H38N4O4S2. The molecule has 3 heterocycles. The van der Waals surface area contributed by atoms with Crippen molar-refractivity contribution in [3.05, 3.63) is 76.2 Å². The van der Waals surface area contributed by atoms with Crippen LogP contribution in [0.25, 0.3) is 0 Å². The van der Waals surface area contributed by atoms with Crippen LogP contribution in [0.2, 0.25) is 0 Å². The van der Waals surface area contributed by atoms with Crippen LogP contribution in [0.1, 0.15) is 52.9 Å². The van der Waals surface area contributed by atoms with Crippen molar-refractivity contribution >= 4 is 33.0 Å². The van der Waals surface area contributed by atoms with Crippen LogP contribution >= 0.6 is 11.3 Å². The first-order valence-corrected chi connectivity index (χ1v) is 16.3. The highest BCUT2D eigenvalue weighted by Gasteiger charge is 2.36. The van der Waals surface area contributed by atoms with Crippen molar-refractivity contribution in [2.45, 2.75) is 43.5 Å². The predicted molar refractivity (Wildman–Crippen MR) is 160 cm³/mol. The van der Waals surface area contributed by atoms with Crippen LogP contribution in [-0.2, 0) is 16.6 Å². The first kappa shape index (κ1) is 28.6. The van der Waals surface area contributed by atoms with E-state index in [2.05, 4.69) is 33.6 Å². The number of fused-ring (bicyclic) bond motifs is 1. The number of likely N-dealkylation sites (N-methyl/N-ethyl adjacent to an activating group) is 1. The molecule has 1 amide bonds. The van der Waals surface area contributed by atoms with Crippen LogP contribution in [0.3, 0.4) is 0 Å². The van der Waals surface area contributed by atoms with E-state index in [1.54, 1.807) is 24.6 Å². The molecular weight excluding hydrogens is 544 g/mol. The smallest absolute Gasteiger partial charge is 0.255 e. The molecule has 1 saturated heterocycles. The van der Waals surface area contributed by atoms with Crippen molar-refractivity contribution in [2.75, 3.05) is 51.3 Å². The third-order valence-corrected chi connectivity index (χ3v) is 10.9. The number of carbonyl (C=O) groups excluding carboxylic acids is 1. The van der Waals surface area contributed by atoms with Crippen LogP contribution in [0, 0.1) is 6.92 Å². The van der Waals surface area contributed by atoms with E-state index >= 15 is 0 Å². The van der Waals surface area contributed by atoms with Gasteiger partial charge in [-0.3, -0.25) is 4.79 Å². The van der Waals surface area contributed by atoms with Gasteiger partial charge in [0.25, 0.3) is 5.91 Å². The number of aryl methyl sites for hydroxylation is 1. The summed E-state index contributed by atoms with van der Waals surface area (Å²) in [6, 6.07) is 15.3. The van der Waals surface area contributed by atoms with E-state index in [9.17, 15) is 13.2 Å². The van der Waals surface area contributed by atoms with Gasteiger partial charge < -0.3 is 19.4 Å². The number of benzene rings is 2. The van der Waals surface area contributed by atoms with Crippen molar-refractivity contribution in [1.29, 1.82) is 0 Å². The number of carbonyl (C=O) groups is 1. The number of nitrogens with zero attached hydrogens (tertiary/aromatic N) is 3. The molecule has 0 unspecified atom stereocenters. The minimum Gasteiger partial charge on any atom is -0.496 e. The number of hydrogen-bond acceptors (Lipinski definition) is 7. The third-order valence-electron chi connectivity index (χ3n) is 8.02. The van der Waals surface area contributed by atoms with Gasteiger partial charge in [-0.1, -0.05) is 31.2 Å². The topological polar surface area (TPSA) is 82.2 Å². The second kappa shape index (κ2) is 12.3. The number of methoxy groups -OCH3 is 1. The van der Waals surface area contributed by atoms with E-state index in [1.165, 1.54) is 11.3 Å². The van der Waals surface area contributed by atoms with Crippen molar-refractivity contribution in [3.63, 3.8) is 0 Å². The number of sulfonamides is 1. The number of rotatable bonds is 11. The van der Waals surface area contributed by atoms with Gasteiger partial charge in [0.2, 0.25) is 10.0 Å². The molecule has 3 aromatic rings. The van der Waals surface area contributed by atoms with Gasteiger partial charge in [-0.05, 0) is 67.1 Å². The zero-order valence-corrected chi connectivity index (χ0v) is 25.1. The highest BCUT2D eigenvalue weighted by atomic mass is 32.2. The Morgan fingerprint density at radius 2 is 1.88 bits per heavy atom. The summed E-state index contributed by atoms with van der Waals surface area (Å²) in [6.45, 7) is 10.0. The maximum atomic E-state index is 13.9. The van der Waals surface area contributed by atoms with E-state index < -0.39 is 10.0 Å². The fraction of sp³-hybridized carbons (Fsp3) is 0.433. The summed E-state index contributed by atoms with van der Waals surface area (Å²) < 4.78 is 33.8. The zero-order chi connectivity index (χ0) is 28.3. The molecule has 214 valence electrons. The molecule has 2 aliphatic rings. The summed E-state index contributed by atoms with van der Waals surface area (Å²) in [5.74, 6) is 0.831. The number of thiophene rings is 1. The number of amides is 1. The molecule has 0 spiro atoms. The molecule has 0 radical (unpaired) electrons. The number of piperazine rings is 1. The summed E-state index contributed by atoms with van der Waals surface area (Å²) in [7, 11) is -1.88. The zero-order valence-electron chi connectivity index (χ0n) is 23.4. The van der Waals surface area contributed by atoms with E-state index in [0.717, 1.165) is 66.4 Å². The van der Waals surface area contributed by atoms with Gasteiger partial charge in [0.1, 0.15) is 9.96 Å². The van der Waals surface area contributed by atoms with Crippen LogP contribution in [0.4, 0.5) is 5.69 Å². The largest absolute Gasteiger partial charge is 0.496 e. The minimum atomic E-state index is -3.53. The second-order valence-electron chi connectivity index (χ2n) is 10.4. The van der Waals surface area contributed by atoms with Crippen LogP contribution < -0.4 is 14.4 Å². The lowest BCUT2D eigenvalue weighted by Crippen LogP contribution is -2.46. The molecule has 0 saturated carbocycles. The SMILES string of the molecule is CCN1CCN(c2cccc3c2CN([C@H](CCCNS(=O)(=O)c2cccs2)c2ccc(OC)c(C)c2)C3=O)CC1. The van der Waals surface area contributed by atoms with Gasteiger partial charge in [0.15, 0.2) is 0 Å². The molecule has 0 aliphatic carbocycles. The molecule has 1 fully saturated rings. The average molecular weight is 583 g/mol. The summed E-state index contributed by atoms with van der Waals surface area (Å²) in [5, 5.41) is 1.76. The number of nitrogens with one attached hydrogen (secondary N) is 1. The van der Waals surface area contributed by atoms with Gasteiger partial charge in [0, 0.05) is 56.1 Å². The van der Waals surface area contributed by atoms with Gasteiger partial charge in [-0.2, -0.15) is 0 Å². The predicted octanol–water partition coefficient (Wildman–Crippen LogP) is 4.66. The summed E-state index contributed by atoms with van der Waals surface area (Å²) in [4.78, 5) is 20.7. The Morgan fingerprint density at radius 3 is 2.55 bits per heavy atom. The van der Waals surface area contributed by atoms with E-state index in [-0.39, 0.29) is 11.9 Å². The minimum absolute atomic E-state index is 0.0293. The van der Waals surface area contributed by atoms with E-state index in [4.69, 9.17) is 4.74 Å². The van der Waals surface area contributed by atoms with Crippen molar-refractivity contribution in [2.24, 2.45) is 0 Å². The Morgan fingerprint density at radius 1 is 1.07 bits per heavy atom. The highest BCUT2D eigenvalue weighted by molar-refractivity contribution is 7.91. The van der Waals surface area contributed by atoms with Crippen LogP contribution in [-0.4, -0.2) is 70.5 Å². The van der Waals surface area contributed by atoms with E-state index in [1.807, 2.05) is 36.1 Å². The maximum Gasteiger partial charge on any atom is 0.255 e. The van der Waals surface area contributed by atoms with Gasteiger partial charge in [-0.25, -0.2) is 13.1 Å². The monoisotopic (exact) mass is 582 g/mol. The number of ether oxygens (including phenoxy) is 1. The summed E-state index contributed by atoms with van der Waals surface area (Å²) in [5.41, 5.74) is 5.04. The molecule has 1 N–H and O–H groups in total. The highest BCUT2D eigenvalue weighted by Crippen LogP contribution is 2.39. The molecule has 8 nitrogen and oxygen atoms in total. The number of hydrogen-bond donors (Lipinski definition) is 1. The van der Waals surface area contributed by atoms with Crippen molar-refractivity contribution in [1.82, 2.24) is 14.5 Å². The molecule has 40 heavy (non-hydrogen) atoms. The molecule has 1 aromatic heterocycles. The quantitative estimate of drug-likeness (QED) is 0.331. The normalized spacial score (nSPS) is 16.8. The van der Waals surface area contributed by atoms with E-state index in [0.29, 0.717) is 30.1 Å². The first-order valence-electron chi connectivity index (χ1n) is 13.9. The van der Waals surface area contributed by atoms with Gasteiger partial charge in [0.05, 0.1) is 13.2 Å². The lowest BCUT2D eigenvalue weighted by atomic mass is 9.98. The lowest BCUT2D eigenvalue weighted by molar-refractivity contribution is 0.0689. The average Bonchev–Trinajstić information content (AvgIpc) is 3.63. The number of anilines is 1. The van der Waals surface area contributed by atoms with Crippen LogP contribution in [0.15, 0.2) is 58.1 Å². The van der Waals surface area contributed by atoms with Crippen molar-refractivity contribution in [3.8, 4) is 5.75 Å². The molecule has 2 aliphatic heterocycles.